The number of nitro groups is 1. The molecule has 0 atom stereocenters. The van der Waals surface area contributed by atoms with Gasteiger partial charge in [0.25, 0.3) is 15.7 Å². The highest BCUT2D eigenvalue weighted by Crippen LogP contribution is 2.21. The standard InChI is InChI=1S/C15H12ClN5O4S/c1-10-2-4-12(21(22)23)6-14(10)26(24,25)19-18-8-13-7-17-15-5-3-11(16)9-20(13)15/h2-9,19H,1H3/b18-8+. The summed E-state index contributed by atoms with van der Waals surface area (Å²) in [6.45, 7) is 1.54. The smallest absolute Gasteiger partial charge is 0.277 e. The number of rotatable bonds is 5. The van der Waals surface area contributed by atoms with Gasteiger partial charge in [0.1, 0.15) is 5.65 Å². The summed E-state index contributed by atoms with van der Waals surface area (Å²) in [6.07, 6.45) is 4.38. The highest BCUT2D eigenvalue weighted by atomic mass is 35.5. The minimum atomic E-state index is -4.07. The minimum absolute atomic E-state index is 0.218. The maximum Gasteiger partial charge on any atom is 0.277 e. The second kappa shape index (κ2) is 6.73. The number of halogens is 1. The number of nitrogens with zero attached hydrogens (tertiary/aromatic N) is 4. The van der Waals surface area contributed by atoms with Gasteiger partial charge < -0.3 is 0 Å². The maximum atomic E-state index is 12.4. The summed E-state index contributed by atoms with van der Waals surface area (Å²) < 4.78 is 26.4. The van der Waals surface area contributed by atoms with Crippen molar-refractivity contribution in [3.8, 4) is 0 Å². The fraction of sp³-hybridized carbons (Fsp3) is 0.0667. The lowest BCUT2D eigenvalue weighted by molar-refractivity contribution is -0.385. The molecule has 0 amide bonds. The van der Waals surface area contributed by atoms with E-state index in [1.165, 1.54) is 31.5 Å². The van der Waals surface area contributed by atoms with Crippen LogP contribution in [-0.2, 0) is 10.0 Å². The zero-order valence-electron chi connectivity index (χ0n) is 13.3. The molecular weight excluding hydrogens is 382 g/mol. The highest BCUT2D eigenvalue weighted by Gasteiger charge is 2.20. The first-order valence-corrected chi connectivity index (χ1v) is 9.06. The largest absolute Gasteiger partial charge is 0.297 e. The van der Waals surface area contributed by atoms with Crippen molar-refractivity contribution in [2.24, 2.45) is 5.10 Å². The zero-order valence-corrected chi connectivity index (χ0v) is 14.9. The van der Waals surface area contributed by atoms with Gasteiger partial charge in [-0.15, -0.1) is 0 Å². The monoisotopic (exact) mass is 393 g/mol. The molecule has 134 valence electrons. The summed E-state index contributed by atoms with van der Waals surface area (Å²) in [5.41, 5.74) is 1.16. The molecule has 11 heteroatoms. The van der Waals surface area contributed by atoms with E-state index in [9.17, 15) is 18.5 Å². The Hall–Kier alpha value is -2.98. The molecule has 0 radical (unpaired) electrons. The van der Waals surface area contributed by atoms with Crippen LogP contribution in [0, 0.1) is 17.0 Å². The van der Waals surface area contributed by atoms with Gasteiger partial charge in [0, 0.05) is 18.3 Å². The molecule has 9 nitrogen and oxygen atoms in total. The normalized spacial score (nSPS) is 11.9. The third kappa shape index (κ3) is 3.51. The lowest BCUT2D eigenvalue weighted by Gasteiger charge is -2.06. The third-order valence-electron chi connectivity index (χ3n) is 3.54. The van der Waals surface area contributed by atoms with Crippen molar-refractivity contribution in [2.45, 2.75) is 11.8 Å². The summed E-state index contributed by atoms with van der Waals surface area (Å²) in [7, 11) is -4.07. The number of aromatic nitrogens is 2. The Balaban J connectivity index is 1.88. The van der Waals surface area contributed by atoms with Gasteiger partial charge in [-0.2, -0.15) is 18.4 Å². The molecule has 2 heterocycles. The first kappa shape index (κ1) is 17.8. The predicted octanol–water partition coefficient (Wildman–Crippen LogP) is 2.52. The number of hydrazone groups is 1. The van der Waals surface area contributed by atoms with Crippen molar-refractivity contribution in [3.05, 3.63) is 69.1 Å². The van der Waals surface area contributed by atoms with Gasteiger partial charge in [0.2, 0.25) is 0 Å². The number of sulfonamides is 1. The van der Waals surface area contributed by atoms with Crippen LogP contribution in [-0.4, -0.2) is 28.9 Å². The zero-order chi connectivity index (χ0) is 18.9. The first-order valence-electron chi connectivity index (χ1n) is 7.20. The lowest BCUT2D eigenvalue weighted by atomic mass is 10.2. The molecule has 0 saturated carbocycles. The number of non-ortho nitro benzene ring substituents is 1. The van der Waals surface area contributed by atoms with Gasteiger partial charge in [0.15, 0.2) is 0 Å². The lowest BCUT2D eigenvalue weighted by Crippen LogP contribution is -2.19. The Labute approximate surface area is 153 Å². The maximum absolute atomic E-state index is 12.4. The molecule has 0 spiro atoms. The van der Waals surface area contributed by atoms with Crippen LogP contribution in [0.3, 0.4) is 0 Å². The Morgan fingerprint density at radius 3 is 2.85 bits per heavy atom. The number of imidazole rings is 1. The highest BCUT2D eigenvalue weighted by molar-refractivity contribution is 7.89. The fourth-order valence-electron chi connectivity index (χ4n) is 2.27. The summed E-state index contributed by atoms with van der Waals surface area (Å²) in [4.78, 5) is 16.2. The van der Waals surface area contributed by atoms with E-state index in [4.69, 9.17) is 11.6 Å². The SMILES string of the molecule is Cc1ccc([N+](=O)[O-])cc1S(=O)(=O)N/N=C/c1cnc2ccc(Cl)cn12. The van der Waals surface area contributed by atoms with E-state index in [2.05, 4.69) is 10.1 Å². The molecule has 1 aromatic carbocycles. The topological polar surface area (TPSA) is 119 Å². The number of hydrogen-bond acceptors (Lipinski definition) is 6. The van der Waals surface area contributed by atoms with Gasteiger partial charge in [0.05, 0.1) is 32.9 Å². The number of pyridine rings is 1. The van der Waals surface area contributed by atoms with Gasteiger partial charge in [-0.25, -0.2) is 4.98 Å². The molecule has 0 unspecified atom stereocenters. The van der Waals surface area contributed by atoms with Crippen LogP contribution in [0.4, 0.5) is 5.69 Å². The van der Waals surface area contributed by atoms with Crippen LogP contribution in [0.1, 0.15) is 11.3 Å². The number of nitro benzene ring substituents is 1. The number of fused-ring (bicyclic) bond motifs is 1. The number of nitrogens with one attached hydrogen (secondary N) is 1. The van der Waals surface area contributed by atoms with Crippen LogP contribution in [0.5, 0.6) is 0 Å². The molecule has 0 saturated heterocycles. The second-order valence-corrected chi connectivity index (χ2v) is 7.38. The Kier molecular flexibility index (Phi) is 4.62. The van der Waals surface area contributed by atoms with E-state index in [0.29, 0.717) is 21.9 Å². The average molecular weight is 394 g/mol. The summed E-state index contributed by atoms with van der Waals surface area (Å²) in [6, 6.07) is 6.97. The van der Waals surface area contributed by atoms with E-state index in [1.54, 1.807) is 22.7 Å². The van der Waals surface area contributed by atoms with Crippen molar-refractivity contribution in [1.82, 2.24) is 14.2 Å². The Bertz CT molecular complexity index is 1140. The second-order valence-electron chi connectivity index (χ2n) is 5.32. The number of hydrogen-bond donors (Lipinski definition) is 1. The molecule has 0 aliphatic heterocycles. The fourth-order valence-corrected chi connectivity index (χ4v) is 3.49. The van der Waals surface area contributed by atoms with Crippen molar-refractivity contribution < 1.29 is 13.3 Å². The Morgan fingerprint density at radius 2 is 2.12 bits per heavy atom. The molecule has 2 aromatic heterocycles. The molecule has 0 bridgehead atoms. The molecule has 26 heavy (non-hydrogen) atoms. The van der Waals surface area contributed by atoms with Crippen LogP contribution in [0.15, 0.2) is 52.7 Å². The molecular formula is C15H12ClN5O4S. The van der Waals surface area contributed by atoms with Gasteiger partial charge >= 0.3 is 0 Å². The number of aryl methyl sites for hydroxylation is 1. The molecule has 0 fully saturated rings. The van der Waals surface area contributed by atoms with Gasteiger partial charge in [-0.1, -0.05) is 17.7 Å². The quantitative estimate of drug-likeness (QED) is 0.405. The molecule has 0 aliphatic carbocycles. The molecule has 3 aromatic rings. The minimum Gasteiger partial charge on any atom is -0.297 e. The van der Waals surface area contributed by atoms with E-state index < -0.39 is 14.9 Å². The van der Waals surface area contributed by atoms with Crippen molar-refractivity contribution >= 4 is 39.2 Å². The predicted molar refractivity (Wildman–Crippen MR) is 96.0 cm³/mol. The Morgan fingerprint density at radius 1 is 1.35 bits per heavy atom. The van der Waals surface area contributed by atoms with Crippen LogP contribution >= 0.6 is 11.6 Å². The summed E-state index contributed by atoms with van der Waals surface area (Å²) in [5.74, 6) is 0. The van der Waals surface area contributed by atoms with Crippen molar-refractivity contribution in [1.29, 1.82) is 0 Å². The van der Waals surface area contributed by atoms with Gasteiger partial charge in [-0.05, 0) is 24.6 Å². The van der Waals surface area contributed by atoms with Crippen LogP contribution in [0.25, 0.3) is 5.65 Å². The van der Waals surface area contributed by atoms with Gasteiger partial charge in [-0.3, -0.25) is 14.5 Å². The first-order chi connectivity index (χ1) is 12.3. The van der Waals surface area contributed by atoms with Crippen molar-refractivity contribution in [3.63, 3.8) is 0 Å². The molecule has 3 rings (SSSR count). The molecule has 1 N–H and O–H groups in total. The van der Waals surface area contributed by atoms with E-state index in [1.807, 2.05) is 4.83 Å². The molecule has 0 aliphatic rings. The van der Waals surface area contributed by atoms with E-state index in [0.717, 1.165) is 6.07 Å². The van der Waals surface area contributed by atoms with Crippen LogP contribution in [0.2, 0.25) is 5.02 Å². The third-order valence-corrected chi connectivity index (χ3v) is 5.13. The van der Waals surface area contributed by atoms with E-state index >= 15 is 0 Å². The number of benzene rings is 1. The average Bonchev–Trinajstić information content (AvgIpc) is 2.97. The van der Waals surface area contributed by atoms with E-state index in [-0.39, 0.29) is 10.6 Å². The van der Waals surface area contributed by atoms with Crippen LogP contribution < -0.4 is 4.83 Å². The summed E-state index contributed by atoms with van der Waals surface area (Å²) in [5, 5.41) is 15.1. The van der Waals surface area contributed by atoms with Crippen molar-refractivity contribution in [2.75, 3.05) is 0 Å². The summed E-state index contributed by atoms with van der Waals surface area (Å²) >= 11 is 5.93.